The third kappa shape index (κ3) is 2.79. The molecule has 0 bridgehead atoms. The van der Waals surface area contributed by atoms with Crippen molar-refractivity contribution in [2.24, 2.45) is 5.73 Å². The summed E-state index contributed by atoms with van der Waals surface area (Å²) in [6.45, 7) is 2.02. The average molecular weight is 253 g/mol. The van der Waals surface area contributed by atoms with Crippen molar-refractivity contribution in [2.45, 2.75) is 31.9 Å². The fourth-order valence-electron chi connectivity index (χ4n) is 2.25. The highest BCUT2D eigenvalue weighted by Gasteiger charge is 2.23. The highest BCUT2D eigenvalue weighted by molar-refractivity contribution is 5.68. The van der Waals surface area contributed by atoms with Gasteiger partial charge in [0.05, 0.1) is 6.10 Å². The van der Waals surface area contributed by atoms with E-state index < -0.39 is 0 Å². The largest absolute Gasteiger partial charge is 0.490 e. The van der Waals surface area contributed by atoms with Crippen LogP contribution in [0.2, 0.25) is 0 Å². The molecule has 2 N–H and O–H groups in total. The first-order valence-corrected chi connectivity index (χ1v) is 6.85. The van der Waals surface area contributed by atoms with E-state index in [0.29, 0.717) is 6.10 Å². The van der Waals surface area contributed by atoms with E-state index in [1.54, 1.807) is 0 Å². The van der Waals surface area contributed by atoms with Gasteiger partial charge in [0.2, 0.25) is 0 Å². The van der Waals surface area contributed by atoms with Gasteiger partial charge < -0.3 is 10.5 Å². The Morgan fingerprint density at radius 3 is 2.37 bits per heavy atom. The Balaban J connectivity index is 1.88. The molecule has 0 saturated heterocycles. The fraction of sp³-hybridized carbons (Fsp3) is 0.294. The molecule has 2 nitrogen and oxygen atoms in total. The van der Waals surface area contributed by atoms with E-state index in [-0.39, 0.29) is 6.04 Å². The smallest absolute Gasteiger partial charge is 0.119 e. The molecule has 19 heavy (non-hydrogen) atoms. The highest BCUT2D eigenvalue weighted by atomic mass is 16.5. The van der Waals surface area contributed by atoms with Gasteiger partial charge in [-0.1, -0.05) is 36.4 Å². The Hall–Kier alpha value is -1.80. The first kappa shape index (κ1) is 12.2. The lowest BCUT2D eigenvalue weighted by Gasteiger charge is -2.13. The zero-order valence-corrected chi connectivity index (χ0v) is 11.2. The van der Waals surface area contributed by atoms with Crippen LogP contribution in [0.4, 0.5) is 0 Å². The summed E-state index contributed by atoms with van der Waals surface area (Å²) in [5.74, 6) is 0.963. The minimum absolute atomic E-state index is 0.0404. The van der Waals surface area contributed by atoms with Crippen LogP contribution < -0.4 is 10.5 Å². The van der Waals surface area contributed by atoms with Gasteiger partial charge in [-0.25, -0.2) is 0 Å². The molecule has 1 unspecified atom stereocenters. The van der Waals surface area contributed by atoms with E-state index in [1.807, 2.05) is 25.1 Å². The molecule has 3 rings (SSSR count). The summed E-state index contributed by atoms with van der Waals surface area (Å²) in [6.07, 6.45) is 2.83. The SMILES string of the molecule is CC(N)c1ccccc1-c1ccc(OC2CC2)cc1. The normalized spacial score (nSPS) is 16.1. The van der Waals surface area contributed by atoms with Crippen molar-refractivity contribution < 1.29 is 4.74 Å². The predicted octanol–water partition coefficient (Wildman–Crippen LogP) is 3.91. The van der Waals surface area contributed by atoms with E-state index in [2.05, 4.69) is 30.3 Å². The van der Waals surface area contributed by atoms with Crippen molar-refractivity contribution >= 4 is 0 Å². The van der Waals surface area contributed by atoms with Gasteiger partial charge in [0.25, 0.3) is 0 Å². The average Bonchev–Trinajstić information content (AvgIpc) is 3.23. The van der Waals surface area contributed by atoms with Crippen LogP contribution in [0.25, 0.3) is 11.1 Å². The first-order valence-electron chi connectivity index (χ1n) is 6.85. The van der Waals surface area contributed by atoms with Crippen LogP contribution >= 0.6 is 0 Å². The minimum Gasteiger partial charge on any atom is -0.490 e. The summed E-state index contributed by atoms with van der Waals surface area (Å²) in [5.41, 5.74) is 9.61. The third-order valence-corrected chi connectivity index (χ3v) is 3.44. The maximum absolute atomic E-state index is 6.03. The lowest BCUT2D eigenvalue weighted by Crippen LogP contribution is -2.06. The molecule has 1 saturated carbocycles. The van der Waals surface area contributed by atoms with Gasteiger partial charge >= 0.3 is 0 Å². The maximum atomic E-state index is 6.03. The van der Waals surface area contributed by atoms with Crippen molar-refractivity contribution in [1.29, 1.82) is 0 Å². The van der Waals surface area contributed by atoms with Crippen LogP contribution in [0.15, 0.2) is 48.5 Å². The summed E-state index contributed by atoms with van der Waals surface area (Å²) in [7, 11) is 0. The summed E-state index contributed by atoms with van der Waals surface area (Å²) in [6, 6.07) is 16.7. The van der Waals surface area contributed by atoms with E-state index in [4.69, 9.17) is 10.5 Å². The van der Waals surface area contributed by atoms with Crippen molar-refractivity contribution in [3.8, 4) is 16.9 Å². The molecule has 0 radical (unpaired) electrons. The quantitative estimate of drug-likeness (QED) is 0.896. The van der Waals surface area contributed by atoms with Crippen molar-refractivity contribution in [3.63, 3.8) is 0 Å². The topological polar surface area (TPSA) is 35.2 Å². The van der Waals surface area contributed by atoms with Crippen LogP contribution in [0, 0.1) is 0 Å². The van der Waals surface area contributed by atoms with Crippen LogP contribution in [-0.2, 0) is 0 Å². The Bertz CT molecular complexity index is 556. The standard InChI is InChI=1S/C17H19NO/c1-12(18)16-4-2-3-5-17(16)13-6-8-14(9-7-13)19-15-10-11-15/h2-9,12,15H,10-11,18H2,1H3. The number of ether oxygens (including phenoxy) is 1. The molecule has 1 aliphatic carbocycles. The molecule has 2 aromatic rings. The molecular weight excluding hydrogens is 234 g/mol. The van der Waals surface area contributed by atoms with Gasteiger partial charge in [0.15, 0.2) is 0 Å². The summed E-state index contributed by atoms with van der Waals surface area (Å²) < 4.78 is 5.77. The summed E-state index contributed by atoms with van der Waals surface area (Å²) in [4.78, 5) is 0. The van der Waals surface area contributed by atoms with Gasteiger partial charge in [-0.2, -0.15) is 0 Å². The second-order valence-corrected chi connectivity index (χ2v) is 5.22. The molecular formula is C17H19NO. The van der Waals surface area contributed by atoms with Crippen LogP contribution in [-0.4, -0.2) is 6.10 Å². The molecule has 1 atom stereocenters. The van der Waals surface area contributed by atoms with Crippen LogP contribution in [0.3, 0.4) is 0 Å². The van der Waals surface area contributed by atoms with Gasteiger partial charge in [0, 0.05) is 6.04 Å². The van der Waals surface area contributed by atoms with E-state index in [0.717, 1.165) is 5.75 Å². The monoisotopic (exact) mass is 253 g/mol. The lowest BCUT2D eigenvalue weighted by molar-refractivity contribution is 0.303. The zero-order chi connectivity index (χ0) is 13.2. The molecule has 2 aromatic carbocycles. The Kier molecular flexibility index (Phi) is 3.26. The molecule has 98 valence electrons. The first-order chi connectivity index (χ1) is 9.24. The number of rotatable bonds is 4. The molecule has 1 aliphatic rings. The second-order valence-electron chi connectivity index (χ2n) is 5.22. The second kappa shape index (κ2) is 5.06. The lowest BCUT2D eigenvalue weighted by atomic mass is 9.96. The number of hydrogen-bond acceptors (Lipinski definition) is 2. The fourth-order valence-corrected chi connectivity index (χ4v) is 2.25. The van der Waals surface area contributed by atoms with Gasteiger partial charge in [-0.15, -0.1) is 0 Å². The maximum Gasteiger partial charge on any atom is 0.119 e. The van der Waals surface area contributed by atoms with Crippen LogP contribution in [0.1, 0.15) is 31.4 Å². The molecule has 1 fully saturated rings. The summed E-state index contributed by atoms with van der Waals surface area (Å²) >= 11 is 0. The number of nitrogens with two attached hydrogens (primary N) is 1. The number of hydrogen-bond donors (Lipinski definition) is 1. The van der Waals surface area contributed by atoms with Crippen LogP contribution in [0.5, 0.6) is 5.75 Å². The molecule has 0 aromatic heterocycles. The van der Waals surface area contributed by atoms with Gasteiger partial charge in [-0.3, -0.25) is 0 Å². The molecule has 2 heteroatoms. The summed E-state index contributed by atoms with van der Waals surface area (Å²) in [5, 5.41) is 0. The Morgan fingerprint density at radius 2 is 1.74 bits per heavy atom. The molecule has 0 aliphatic heterocycles. The third-order valence-electron chi connectivity index (χ3n) is 3.44. The van der Waals surface area contributed by atoms with Crippen molar-refractivity contribution in [3.05, 3.63) is 54.1 Å². The molecule has 0 heterocycles. The molecule has 0 amide bonds. The van der Waals surface area contributed by atoms with Crippen molar-refractivity contribution in [1.82, 2.24) is 0 Å². The predicted molar refractivity (Wildman–Crippen MR) is 78.1 cm³/mol. The Morgan fingerprint density at radius 1 is 1.05 bits per heavy atom. The van der Waals surface area contributed by atoms with Crippen molar-refractivity contribution in [2.75, 3.05) is 0 Å². The van der Waals surface area contributed by atoms with Gasteiger partial charge in [0.1, 0.15) is 5.75 Å². The minimum atomic E-state index is 0.0404. The highest BCUT2D eigenvalue weighted by Crippen LogP contribution is 2.31. The number of benzene rings is 2. The Labute approximate surface area is 114 Å². The zero-order valence-electron chi connectivity index (χ0n) is 11.2. The van der Waals surface area contributed by atoms with E-state index in [9.17, 15) is 0 Å². The molecule has 0 spiro atoms. The van der Waals surface area contributed by atoms with E-state index in [1.165, 1.54) is 29.5 Å². The van der Waals surface area contributed by atoms with Gasteiger partial charge in [-0.05, 0) is 48.6 Å². The van der Waals surface area contributed by atoms with E-state index >= 15 is 0 Å².